The molecule has 9 nitrogen and oxygen atoms in total. The Morgan fingerprint density at radius 2 is 1.52 bits per heavy atom. The number of rotatable bonds is 3. The van der Waals surface area contributed by atoms with Crippen LogP contribution in [-0.4, -0.2) is 73.1 Å². The van der Waals surface area contributed by atoms with Crippen LogP contribution in [0.4, 0.5) is 0 Å². The lowest BCUT2D eigenvalue weighted by Crippen LogP contribution is -2.60. The summed E-state index contributed by atoms with van der Waals surface area (Å²) in [6, 6.07) is 1.91. The van der Waals surface area contributed by atoms with E-state index in [2.05, 4.69) is 0 Å². The van der Waals surface area contributed by atoms with E-state index in [-0.39, 0.29) is 5.75 Å². The van der Waals surface area contributed by atoms with Crippen molar-refractivity contribution in [2.24, 2.45) is 0 Å². The molecule has 0 saturated carbocycles. The number of hydrogen-bond donors (Lipinski definition) is 7. The van der Waals surface area contributed by atoms with Crippen LogP contribution in [0.5, 0.6) is 23.0 Å². The van der Waals surface area contributed by atoms with Crippen LogP contribution in [-0.2, 0) is 4.74 Å². The Kier molecular flexibility index (Phi) is 4.40. The van der Waals surface area contributed by atoms with Gasteiger partial charge in [0.15, 0.2) is 11.5 Å². The van der Waals surface area contributed by atoms with Gasteiger partial charge in [-0.15, -0.1) is 0 Å². The van der Waals surface area contributed by atoms with Crippen molar-refractivity contribution in [3.8, 4) is 23.0 Å². The smallest absolute Gasteiger partial charge is 0.229 e. The Balaban J connectivity index is 2.18. The van der Waals surface area contributed by atoms with E-state index in [1.165, 1.54) is 0 Å². The summed E-state index contributed by atoms with van der Waals surface area (Å²) >= 11 is 0. The highest BCUT2D eigenvalue weighted by atomic mass is 16.7. The van der Waals surface area contributed by atoms with Gasteiger partial charge in [-0.25, -0.2) is 0 Å². The van der Waals surface area contributed by atoms with Crippen LogP contribution in [0.3, 0.4) is 0 Å². The maximum absolute atomic E-state index is 9.76. The van der Waals surface area contributed by atoms with Crippen molar-refractivity contribution in [3.05, 3.63) is 12.1 Å². The molecule has 1 saturated heterocycles. The molecule has 1 heterocycles. The third-order valence-corrected chi connectivity index (χ3v) is 3.14. The van der Waals surface area contributed by atoms with E-state index in [1.54, 1.807) is 0 Å². The first kappa shape index (κ1) is 15.6. The Bertz CT molecular complexity index is 480. The van der Waals surface area contributed by atoms with Crippen LogP contribution < -0.4 is 4.74 Å². The zero-order valence-electron chi connectivity index (χ0n) is 10.7. The second-order valence-electron chi connectivity index (χ2n) is 4.63. The fraction of sp³-hybridized carbons (Fsp3) is 0.500. The van der Waals surface area contributed by atoms with Gasteiger partial charge in [0, 0.05) is 12.1 Å². The average molecular weight is 304 g/mol. The number of phenolic OH excluding ortho intramolecular Hbond substituents is 3. The highest BCUT2D eigenvalue weighted by Gasteiger charge is 2.44. The SMILES string of the molecule is OC[C@H]1O[C@@H](Oc2cc(O)c(O)c(O)c2)[C@H](O)[C@@H](O)[C@@H]1O. The summed E-state index contributed by atoms with van der Waals surface area (Å²) in [7, 11) is 0. The fourth-order valence-corrected chi connectivity index (χ4v) is 1.95. The Labute approximate surface area is 118 Å². The molecule has 5 atom stereocenters. The summed E-state index contributed by atoms with van der Waals surface area (Å²) in [6.07, 6.45) is -7.36. The number of aliphatic hydroxyl groups excluding tert-OH is 4. The zero-order valence-corrected chi connectivity index (χ0v) is 10.7. The summed E-state index contributed by atoms with van der Waals surface area (Å²) in [4.78, 5) is 0. The van der Waals surface area contributed by atoms with Crippen LogP contribution in [0.25, 0.3) is 0 Å². The van der Waals surface area contributed by atoms with Crippen molar-refractivity contribution in [2.75, 3.05) is 6.61 Å². The predicted molar refractivity (Wildman–Crippen MR) is 65.8 cm³/mol. The number of aromatic hydroxyl groups is 3. The minimum Gasteiger partial charge on any atom is -0.504 e. The predicted octanol–water partition coefficient (Wildman–Crippen LogP) is -2.02. The van der Waals surface area contributed by atoms with Gasteiger partial charge in [0.25, 0.3) is 0 Å². The van der Waals surface area contributed by atoms with Gasteiger partial charge >= 0.3 is 0 Å². The highest BCUT2D eigenvalue weighted by molar-refractivity contribution is 5.53. The lowest BCUT2D eigenvalue weighted by Gasteiger charge is -2.39. The van der Waals surface area contributed by atoms with Crippen LogP contribution in [0.15, 0.2) is 12.1 Å². The van der Waals surface area contributed by atoms with Crippen molar-refractivity contribution in [1.29, 1.82) is 0 Å². The minimum atomic E-state index is -1.62. The Morgan fingerprint density at radius 3 is 2.05 bits per heavy atom. The van der Waals surface area contributed by atoms with Crippen LogP contribution >= 0.6 is 0 Å². The van der Waals surface area contributed by atoms with Crippen molar-refractivity contribution >= 4 is 0 Å². The van der Waals surface area contributed by atoms with Crippen molar-refractivity contribution in [2.45, 2.75) is 30.7 Å². The first-order valence-electron chi connectivity index (χ1n) is 6.07. The summed E-state index contributed by atoms with van der Waals surface area (Å²) in [5.41, 5.74) is 0. The van der Waals surface area contributed by atoms with Gasteiger partial charge in [-0.2, -0.15) is 0 Å². The molecule has 0 aliphatic carbocycles. The Hall–Kier alpha value is -1.78. The molecule has 0 unspecified atom stereocenters. The first-order valence-corrected chi connectivity index (χ1v) is 6.07. The molecule has 7 N–H and O–H groups in total. The van der Waals surface area contributed by atoms with E-state index in [1.807, 2.05) is 0 Å². The molecule has 1 aromatic carbocycles. The van der Waals surface area contributed by atoms with Gasteiger partial charge in [0.2, 0.25) is 12.0 Å². The van der Waals surface area contributed by atoms with Gasteiger partial charge in [-0.1, -0.05) is 0 Å². The van der Waals surface area contributed by atoms with Crippen molar-refractivity contribution < 1.29 is 45.2 Å². The average Bonchev–Trinajstić information content (AvgIpc) is 2.45. The zero-order chi connectivity index (χ0) is 15.7. The number of ether oxygens (including phenoxy) is 2. The number of phenols is 3. The molecule has 21 heavy (non-hydrogen) atoms. The second-order valence-corrected chi connectivity index (χ2v) is 4.63. The summed E-state index contributed by atoms with van der Waals surface area (Å²) in [5.74, 6) is -2.22. The number of aliphatic hydroxyl groups is 4. The molecule has 0 bridgehead atoms. The summed E-state index contributed by atoms with van der Waals surface area (Å²) in [5, 5.41) is 65.9. The molecule has 1 aliphatic rings. The molecule has 0 spiro atoms. The third-order valence-electron chi connectivity index (χ3n) is 3.14. The van der Waals surface area contributed by atoms with Gasteiger partial charge < -0.3 is 45.2 Å². The minimum absolute atomic E-state index is 0.160. The largest absolute Gasteiger partial charge is 0.504 e. The van der Waals surface area contributed by atoms with E-state index in [0.29, 0.717) is 0 Å². The van der Waals surface area contributed by atoms with Gasteiger partial charge in [-0.05, 0) is 0 Å². The van der Waals surface area contributed by atoms with Gasteiger partial charge in [-0.3, -0.25) is 0 Å². The summed E-state index contributed by atoms with van der Waals surface area (Å²) < 4.78 is 10.2. The molecule has 0 amide bonds. The topological polar surface area (TPSA) is 160 Å². The highest BCUT2D eigenvalue weighted by Crippen LogP contribution is 2.39. The molecule has 9 heteroatoms. The molecular weight excluding hydrogens is 288 g/mol. The molecule has 1 aromatic rings. The quantitative estimate of drug-likeness (QED) is 0.313. The molecule has 0 aromatic heterocycles. The van der Waals surface area contributed by atoms with Crippen LogP contribution in [0.1, 0.15) is 0 Å². The van der Waals surface area contributed by atoms with Crippen LogP contribution in [0, 0.1) is 0 Å². The molecule has 118 valence electrons. The van der Waals surface area contributed by atoms with Crippen molar-refractivity contribution in [1.82, 2.24) is 0 Å². The van der Waals surface area contributed by atoms with E-state index in [9.17, 15) is 30.6 Å². The number of benzene rings is 1. The van der Waals surface area contributed by atoms with E-state index >= 15 is 0 Å². The van der Waals surface area contributed by atoms with Gasteiger partial charge in [0.1, 0.15) is 30.2 Å². The van der Waals surface area contributed by atoms with E-state index < -0.39 is 54.6 Å². The normalized spacial score (nSPS) is 32.9. The monoisotopic (exact) mass is 304 g/mol. The maximum atomic E-state index is 9.76. The maximum Gasteiger partial charge on any atom is 0.229 e. The lowest BCUT2D eigenvalue weighted by atomic mass is 9.99. The van der Waals surface area contributed by atoms with Crippen molar-refractivity contribution in [3.63, 3.8) is 0 Å². The fourth-order valence-electron chi connectivity index (χ4n) is 1.95. The molecule has 0 radical (unpaired) electrons. The van der Waals surface area contributed by atoms with E-state index in [0.717, 1.165) is 12.1 Å². The molecular formula is C12H16O9. The summed E-state index contributed by atoms with van der Waals surface area (Å²) in [6.45, 7) is -0.614. The molecule has 1 aliphatic heterocycles. The Morgan fingerprint density at radius 1 is 0.952 bits per heavy atom. The van der Waals surface area contributed by atoms with Crippen LogP contribution in [0.2, 0.25) is 0 Å². The third kappa shape index (κ3) is 2.96. The first-order chi connectivity index (χ1) is 9.85. The molecule has 2 rings (SSSR count). The standard InChI is InChI=1S/C12H16O9/c13-3-7-9(17)10(18)11(19)12(21-7)20-4-1-5(14)8(16)6(15)2-4/h1-2,7,9-19H,3H2/t7-,9-,10+,11-,12-/m1/s1. The van der Waals surface area contributed by atoms with E-state index in [4.69, 9.17) is 14.6 Å². The molecule has 1 fully saturated rings. The van der Waals surface area contributed by atoms with Gasteiger partial charge in [0.05, 0.1) is 6.61 Å². The second kappa shape index (κ2) is 5.92. The number of hydrogen-bond acceptors (Lipinski definition) is 9. The lowest BCUT2D eigenvalue weighted by molar-refractivity contribution is -0.277.